The number of carbonyl (C=O) groups excluding carboxylic acids is 1. The minimum absolute atomic E-state index is 0.0117. The van der Waals surface area contributed by atoms with Crippen LogP contribution >= 0.6 is 11.8 Å². The van der Waals surface area contributed by atoms with Gasteiger partial charge in [-0.1, -0.05) is 55.3 Å². The number of carbonyl (C=O) groups is 1. The number of nitrogens with zero attached hydrogens (tertiary/aromatic N) is 3. The molecule has 15 nitrogen and oxygen atoms in total. The number of allylic oxidation sites excluding steroid dienone is 1. The van der Waals surface area contributed by atoms with Crippen LogP contribution in [0, 0.1) is 27.9 Å². The smallest absolute Gasteiger partial charge is 0.269 e. The van der Waals surface area contributed by atoms with Gasteiger partial charge in [-0.3, -0.25) is 14.9 Å². The molecule has 6 atom stereocenters. The maximum Gasteiger partial charge on any atom is 0.269 e. The summed E-state index contributed by atoms with van der Waals surface area (Å²) < 4.78 is 53.0. The van der Waals surface area contributed by atoms with Crippen LogP contribution in [0.2, 0.25) is 0 Å². The van der Waals surface area contributed by atoms with Gasteiger partial charge in [0, 0.05) is 73.1 Å². The standard InChI is InChI=1S/C53H64N4O11S2/c1-4-27-56(70(63,64)44-24-19-40(20-25-44)54-37(3)60)50-35-48(55-67-36-38-17-21-41(22-18-38)57(61)62)46-33-39(13-9-11-28-58)45(16-10-12-29-59)51-47-34-42(65-31-32-69-43-14-7-6-8-15-43)23-26-49(47)68-53(50,52(46)51)66-30-5-2/h5-8,14-15,17-26,33-34,39,45,50-52,58-59H,2,4,9-13,16,27-32,35-36H2,1,3H3,(H,54,60). The molecule has 0 bridgehead atoms. The average molecular weight is 997 g/mol. The van der Waals surface area contributed by atoms with Crippen molar-refractivity contribution in [2.75, 3.05) is 44.0 Å². The van der Waals surface area contributed by atoms with Gasteiger partial charge >= 0.3 is 0 Å². The SMILES string of the molecule is C=CCOC12Oc3ccc(OCCSc4ccccc4)cc3C3C(CCCCO)C(CCCCO)C=C(C(=NOCc4ccc([N+](=O)[O-])cc4)CC1N(CCC)S(=O)(=O)c1ccc(NC(C)=O)cc1)C32. The first-order valence-corrected chi connectivity index (χ1v) is 26.5. The average Bonchev–Trinajstić information content (AvgIpc) is 3.35. The maximum atomic E-state index is 15.3. The number of amides is 1. The summed E-state index contributed by atoms with van der Waals surface area (Å²) in [7, 11) is -4.33. The van der Waals surface area contributed by atoms with E-state index in [1.54, 1.807) is 42.1 Å². The van der Waals surface area contributed by atoms with E-state index in [0.29, 0.717) is 60.1 Å². The van der Waals surface area contributed by atoms with E-state index in [1.807, 2.05) is 43.3 Å². The van der Waals surface area contributed by atoms with E-state index in [9.17, 15) is 25.1 Å². The van der Waals surface area contributed by atoms with Gasteiger partial charge in [-0.15, -0.1) is 18.3 Å². The summed E-state index contributed by atoms with van der Waals surface area (Å²) in [5, 5.41) is 39.0. The molecule has 2 aliphatic carbocycles. The van der Waals surface area contributed by atoms with E-state index in [2.05, 4.69) is 30.1 Å². The van der Waals surface area contributed by atoms with Crippen molar-refractivity contribution in [1.29, 1.82) is 0 Å². The highest BCUT2D eigenvalue weighted by Crippen LogP contribution is 2.62. The van der Waals surface area contributed by atoms with Gasteiger partial charge in [0.15, 0.2) is 0 Å². The summed E-state index contributed by atoms with van der Waals surface area (Å²) in [5.74, 6) is -1.13. The van der Waals surface area contributed by atoms with Gasteiger partial charge < -0.3 is 34.6 Å². The van der Waals surface area contributed by atoms with Crippen LogP contribution in [-0.2, 0) is 31.0 Å². The predicted octanol–water partition coefficient (Wildman–Crippen LogP) is 9.66. The number of anilines is 1. The van der Waals surface area contributed by atoms with E-state index in [0.717, 1.165) is 41.7 Å². The molecule has 0 spiro atoms. The van der Waals surface area contributed by atoms with Crippen LogP contribution in [0.1, 0.15) is 82.3 Å². The lowest BCUT2D eigenvalue weighted by molar-refractivity contribution is -0.384. The number of nitrogens with one attached hydrogen (secondary N) is 1. The number of non-ortho nitro benzene ring substituents is 1. The summed E-state index contributed by atoms with van der Waals surface area (Å²) in [6.45, 7) is 7.90. The Morgan fingerprint density at radius 3 is 2.41 bits per heavy atom. The third-order valence-corrected chi connectivity index (χ3v) is 16.0. The molecular formula is C53H64N4O11S2. The van der Waals surface area contributed by atoms with Gasteiger partial charge in [0.2, 0.25) is 21.7 Å². The number of hydrogen-bond acceptors (Lipinski definition) is 13. The third-order valence-electron chi connectivity index (χ3n) is 13.1. The van der Waals surface area contributed by atoms with Gasteiger partial charge in [0.25, 0.3) is 5.69 Å². The highest BCUT2D eigenvalue weighted by Gasteiger charge is 2.66. The molecular weight excluding hydrogens is 933 g/mol. The molecule has 4 aromatic carbocycles. The van der Waals surface area contributed by atoms with Crippen LogP contribution in [0.15, 0.2) is 136 Å². The Bertz CT molecular complexity index is 2580. The van der Waals surface area contributed by atoms with Crippen LogP contribution in [0.5, 0.6) is 11.5 Å². The zero-order valence-electron chi connectivity index (χ0n) is 39.8. The molecule has 3 N–H and O–H groups in total. The quantitative estimate of drug-likeness (QED) is 0.0177. The second-order valence-corrected chi connectivity index (χ2v) is 20.9. The topological polar surface area (TPSA) is 199 Å². The molecule has 374 valence electrons. The minimum Gasteiger partial charge on any atom is -0.493 e. The van der Waals surface area contributed by atoms with Crippen LogP contribution in [0.25, 0.3) is 0 Å². The van der Waals surface area contributed by atoms with E-state index in [-0.39, 0.29) is 73.6 Å². The van der Waals surface area contributed by atoms with Gasteiger partial charge in [-0.05, 0) is 122 Å². The molecule has 6 unspecified atom stereocenters. The van der Waals surface area contributed by atoms with E-state index in [1.165, 1.54) is 35.5 Å². The van der Waals surface area contributed by atoms with Crippen LogP contribution in [0.4, 0.5) is 11.4 Å². The van der Waals surface area contributed by atoms with Gasteiger partial charge in [0.05, 0.1) is 40.7 Å². The van der Waals surface area contributed by atoms with E-state index < -0.39 is 32.7 Å². The molecule has 0 radical (unpaired) electrons. The molecule has 1 fully saturated rings. The van der Waals surface area contributed by atoms with Crippen molar-refractivity contribution < 1.29 is 47.4 Å². The van der Waals surface area contributed by atoms with E-state index >= 15 is 8.42 Å². The first-order chi connectivity index (χ1) is 33.9. The molecule has 4 aromatic rings. The second-order valence-electron chi connectivity index (χ2n) is 17.8. The lowest BCUT2D eigenvalue weighted by Crippen LogP contribution is -2.70. The minimum atomic E-state index is -4.33. The summed E-state index contributed by atoms with van der Waals surface area (Å²) in [4.78, 5) is 30.2. The predicted molar refractivity (Wildman–Crippen MR) is 270 cm³/mol. The number of fused-ring (bicyclic) bond motifs is 2. The Labute approximate surface area is 415 Å². The number of aliphatic hydroxyl groups is 2. The van der Waals surface area contributed by atoms with Crippen LogP contribution in [-0.4, -0.2) is 90.0 Å². The number of oxime groups is 1. The Morgan fingerprint density at radius 2 is 1.74 bits per heavy atom. The normalized spacial score (nSPS) is 22.0. The number of aliphatic hydroxyl groups excluding tert-OH is 2. The Hall–Kier alpha value is -5.56. The summed E-state index contributed by atoms with van der Waals surface area (Å²) in [6, 6.07) is 27.0. The van der Waals surface area contributed by atoms with Gasteiger partial charge in [0.1, 0.15) is 18.1 Å². The molecule has 3 aliphatic rings. The van der Waals surface area contributed by atoms with Gasteiger partial charge in [-0.2, -0.15) is 4.31 Å². The highest BCUT2D eigenvalue weighted by atomic mass is 32.2. The number of rotatable bonds is 26. The van der Waals surface area contributed by atoms with Crippen molar-refractivity contribution >= 4 is 44.8 Å². The highest BCUT2D eigenvalue weighted by molar-refractivity contribution is 7.99. The molecule has 0 saturated heterocycles. The van der Waals surface area contributed by atoms with Crippen molar-refractivity contribution in [2.45, 2.75) is 99.4 Å². The summed E-state index contributed by atoms with van der Waals surface area (Å²) >= 11 is 1.70. The van der Waals surface area contributed by atoms with Crippen LogP contribution < -0.4 is 14.8 Å². The van der Waals surface area contributed by atoms with Crippen molar-refractivity contribution in [3.05, 3.63) is 143 Å². The molecule has 17 heteroatoms. The van der Waals surface area contributed by atoms with Crippen molar-refractivity contribution in [2.24, 2.45) is 22.9 Å². The van der Waals surface area contributed by atoms with E-state index in [4.69, 9.17) is 24.2 Å². The summed E-state index contributed by atoms with van der Waals surface area (Å²) in [6.07, 6.45) is 8.45. The molecule has 1 heterocycles. The number of nitro benzene ring substituents is 1. The lowest BCUT2D eigenvalue weighted by Gasteiger charge is -2.59. The molecule has 70 heavy (non-hydrogen) atoms. The molecule has 1 aliphatic heterocycles. The number of benzene rings is 4. The van der Waals surface area contributed by atoms with Crippen molar-refractivity contribution in [3.63, 3.8) is 0 Å². The number of unbranched alkanes of at least 4 members (excludes halogenated alkanes) is 2. The zero-order valence-corrected chi connectivity index (χ0v) is 41.5. The lowest BCUT2D eigenvalue weighted by atomic mass is 9.55. The number of hydrogen-bond donors (Lipinski definition) is 3. The Morgan fingerprint density at radius 1 is 1.01 bits per heavy atom. The number of thioether (sulfide) groups is 1. The number of nitro groups is 1. The first-order valence-electron chi connectivity index (χ1n) is 24.1. The van der Waals surface area contributed by atoms with Gasteiger partial charge in [-0.25, -0.2) is 8.42 Å². The fraction of sp³-hybridized carbons (Fsp3) is 0.434. The zero-order chi connectivity index (χ0) is 49.7. The van der Waals surface area contributed by atoms with Crippen molar-refractivity contribution in [1.82, 2.24) is 4.31 Å². The third kappa shape index (κ3) is 12.1. The molecule has 0 aromatic heterocycles. The van der Waals surface area contributed by atoms with Crippen LogP contribution in [0.3, 0.4) is 0 Å². The first kappa shape index (κ1) is 52.3. The fourth-order valence-corrected chi connectivity index (χ4v) is 12.6. The molecule has 7 rings (SSSR count). The molecule has 1 saturated carbocycles. The summed E-state index contributed by atoms with van der Waals surface area (Å²) in [5.41, 5.74) is 3.23. The fourth-order valence-electron chi connectivity index (χ4n) is 10.2. The van der Waals surface area contributed by atoms with Crippen molar-refractivity contribution in [3.8, 4) is 11.5 Å². The maximum absolute atomic E-state index is 15.3. The number of ether oxygens (including phenoxy) is 3. The largest absolute Gasteiger partial charge is 0.493 e. The molecule has 1 amide bonds. The Kier molecular flexibility index (Phi) is 18.3. The second kappa shape index (κ2) is 24.5. The Balaban J connectivity index is 1.40. The number of sulfonamides is 1. The monoisotopic (exact) mass is 996 g/mol.